The minimum atomic E-state index is -3.77. The molecule has 2 aromatic carbocycles. The van der Waals surface area contributed by atoms with Crippen molar-refractivity contribution in [2.24, 2.45) is 0 Å². The lowest BCUT2D eigenvalue weighted by atomic mass is 9.89. The van der Waals surface area contributed by atoms with Crippen LogP contribution in [0.15, 0.2) is 53.4 Å². The average Bonchev–Trinajstić information content (AvgIpc) is 3.41. The molecule has 7 nitrogen and oxygen atoms in total. The number of likely N-dealkylation sites (tertiary alicyclic amines) is 1. The molecule has 1 spiro atoms. The van der Waals surface area contributed by atoms with E-state index in [1.165, 1.54) is 4.31 Å². The first-order chi connectivity index (χ1) is 15.3. The van der Waals surface area contributed by atoms with Gasteiger partial charge in [-0.25, -0.2) is 8.42 Å². The third kappa shape index (κ3) is 3.51. The maximum atomic E-state index is 13.4. The summed E-state index contributed by atoms with van der Waals surface area (Å²) in [6.07, 6.45) is 1.92. The Hall–Kier alpha value is -2.71. The van der Waals surface area contributed by atoms with Crippen LogP contribution in [0, 0.1) is 6.92 Å². The van der Waals surface area contributed by atoms with Crippen molar-refractivity contribution >= 4 is 21.7 Å². The molecule has 0 radical (unpaired) electrons. The van der Waals surface area contributed by atoms with Gasteiger partial charge in [-0.1, -0.05) is 24.3 Å². The molecular formula is C24H26N2O5S. The van der Waals surface area contributed by atoms with Gasteiger partial charge in [0.2, 0.25) is 15.9 Å². The van der Waals surface area contributed by atoms with E-state index >= 15 is 0 Å². The normalized spacial score (nSPS) is 25.7. The van der Waals surface area contributed by atoms with Crippen LogP contribution in [0.5, 0.6) is 5.75 Å². The lowest BCUT2D eigenvalue weighted by Gasteiger charge is -2.35. The van der Waals surface area contributed by atoms with E-state index in [1.807, 2.05) is 25.1 Å². The molecule has 1 amide bonds. The summed E-state index contributed by atoms with van der Waals surface area (Å²) in [7, 11) is -3.77. The molecule has 168 valence electrons. The van der Waals surface area contributed by atoms with Crippen molar-refractivity contribution in [3.8, 4) is 5.75 Å². The minimum Gasteiger partial charge on any atom is -0.484 e. The molecule has 0 saturated carbocycles. The number of para-hydroxylation sites is 1. The quantitative estimate of drug-likeness (QED) is 0.712. The molecule has 2 fully saturated rings. The maximum absolute atomic E-state index is 13.4. The summed E-state index contributed by atoms with van der Waals surface area (Å²) >= 11 is 0. The van der Waals surface area contributed by atoms with Crippen molar-refractivity contribution in [1.29, 1.82) is 0 Å². The highest BCUT2D eigenvalue weighted by Crippen LogP contribution is 2.39. The zero-order valence-electron chi connectivity index (χ0n) is 18.0. The summed E-state index contributed by atoms with van der Waals surface area (Å²) in [6.45, 7) is 2.91. The third-order valence-corrected chi connectivity index (χ3v) is 8.61. The van der Waals surface area contributed by atoms with Crippen LogP contribution in [0.2, 0.25) is 0 Å². The molecule has 32 heavy (non-hydrogen) atoms. The number of nitrogens with zero attached hydrogens (tertiary/aromatic N) is 2. The van der Waals surface area contributed by atoms with Gasteiger partial charge in [-0.2, -0.15) is 4.31 Å². The SMILES string of the molecule is Cc1cccc(S(=O)(=O)N2CCCC2C(=O)N2CCC3(CC(=O)c4ccccc4O3)C2)c1. The molecule has 8 heteroatoms. The van der Waals surface area contributed by atoms with Crippen molar-refractivity contribution in [2.45, 2.75) is 49.1 Å². The molecule has 0 aromatic heterocycles. The van der Waals surface area contributed by atoms with Gasteiger partial charge in [0.1, 0.15) is 17.4 Å². The number of sulfonamides is 1. The first-order valence-electron chi connectivity index (χ1n) is 11.0. The first-order valence-corrected chi connectivity index (χ1v) is 12.4. The highest BCUT2D eigenvalue weighted by atomic mass is 32.2. The van der Waals surface area contributed by atoms with Gasteiger partial charge in [-0.3, -0.25) is 9.59 Å². The summed E-state index contributed by atoms with van der Waals surface area (Å²) in [5, 5.41) is 0. The molecule has 3 heterocycles. The molecule has 0 aliphatic carbocycles. The van der Waals surface area contributed by atoms with Crippen LogP contribution in [0.25, 0.3) is 0 Å². The van der Waals surface area contributed by atoms with Crippen molar-refractivity contribution in [3.63, 3.8) is 0 Å². The number of benzene rings is 2. The summed E-state index contributed by atoms with van der Waals surface area (Å²) in [5.74, 6) is 0.374. The van der Waals surface area contributed by atoms with E-state index in [4.69, 9.17) is 4.74 Å². The number of Topliss-reactive ketones (excluding diaryl/α,β-unsaturated/α-hetero) is 1. The largest absolute Gasteiger partial charge is 0.484 e. The Kier molecular flexibility index (Phi) is 5.09. The number of hydrogen-bond acceptors (Lipinski definition) is 5. The average molecular weight is 455 g/mol. The zero-order chi connectivity index (χ0) is 22.5. The van der Waals surface area contributed by atoms with Gasteiger partial charge >= 0.3 is 0 Å². The molecule has 2 aromatic rings. The van der Waals surface area contributed by atoms with Crippen LogP contribution < -0.4 is 4.74 Å². The first kappa shape index (κ1) is 21.2. The Balaban J connectivity index is 1.35. The van der Waals surface area contributed by atoms with Crippen LogP contribution in [0.4, 0.5) is 0 Å². The van der Waals surface area contributed by atoms with Crippen LogP contribution >= 0.6 is 0 Å². The van der Waals surface area contributed by atoms with Crippen molar-refractivity contribution in [1.82, 2.24) is 9.21 Å². The molecule has 0 bridgehead atoms. The lowest BCUT2D eigenvalue weighted by molar-refractivity contribution is -0.134. The number of fused-ring (bicyclic) bond motifs is 1. The van der Waals surface area contributed by atoms with Crippen molar-refractivity contribution in [2.75, 3.05) is 19.6 Å². The Morgan fingerprint density at radius 2 is 1.94 bits per heavy atom. The van der Waals surface area contributed by atoms with E-state index in [9.17, 15) is 18.0 Å². The van der Waals surface area contributed by atoms with Crippen LogP contribution in [-0.2, 0) is 14.8 Å². The number of amides is 1. The summed E-state index contributed by atoms with van der Waals surface area (Å²) < 4.78 is 34.1. The van der Waals surface area contributed by atoms with Gasteiger partial charge in [0.25, 0.3) is 0 Å². The molecule has 2 unspecified atom stereocenters. The highest BCUT2D eigenvalue weighted by molar-refractivity contribution is 7.89. The molecule has 0 N–H and O–H groups in total. The third-order valence-electron chi connectivity index (χ3n) is 6.71. The van der Waals surface area contributed by atoms with Gasteiger partial charge in [-0.05, 0) is 49.6 Å². The zero-order valence-corrected chi connectivity index (χ0v) is 18.8. The van der Waals surface area contributed by atoms with E-state index in [1.54, 1.807) is 35.2 Å². The predicted octanol–water partition coefficient (Wildman–Crippen LogP) is 2.78. The van der Waals surface area contributed by atoms with Crippen molar-refractivity contribution < 1.29 is 22.7 Å². The smallest absolute Gasteiger partial charge is 0.243 e. The predicted molar refractivity (Wildman–Crippen MR) is 118 cm³/mol. The Morgan fingerprint density at radius 1 is 1.12 bits per heavy atom. The van der Waals surface area contributed by atoms with Gasteiger partial charge in [0.05, 0.1) is 23.4 Å². The fourth-order valence-corrected chi connectivity index (χ4v) is 6.86. The summed E-state index contributed by atoms with van der Waals surface area (Å²) in [6, 6.07) is 13.2. The van der Waals surface area contributed by atoms with Crippen molar-refractivity contribution in [3.05, 3.63) is 59.7 Å². The number of ether oxygens (including phenoxy) is 1. The number of aryl methyl sites for hydroxylation is 1. The highest BCUT2D eigenvalue weighted by Gasteiger charge is 2.49. The second kappa shape index (κ2) is 7.71. The molecule has 3 aliphatic rings. The standard InChI is InChI=1S/C24H26N2O5S/c1-17-6-4-7-18(14-17)32(29,30)26-12-5-9-20(26)23(28)25-13-11-24(16-25)15-21(27)19-8-2-3-10-22(19)31-24/h2-4,6-8,10,14,20H,5,9,11-13,15-16H2,1H3. The van der Waals surface area contributed by atoms with Gasteiger partial charge in [0.15, 0.2) is 5.78 Å². The molecular weight excluding hydrogens is 428 g/mol. The molecule has 2 saturated heterocycles. The second-order valence-electron chi connectivity index (χ2n) is 8.98. The van der Waals surface area contributed by atoms with Crippen LogP contribution in [0.3, 0.4) is 0 Å². The summed E-state index contributed by atoms with van der Waals surface area (Å²) in [4.78, 5) is 28.0. The topological polar surface area (TPSA) is 84.0 Å². The van der Waals surface area contributed by atoms with Crippen LogP contribution in [-0.4, -0.2) is 60.6 Å². The van der Waals surface area contributed by atoms with Gasteiger partial charge < -0.3 is 9.64 Å². The van der Waals surface area contributed by atoms with Crippen LogP contribution in [0.1, 0.15) is 41.6 Å². The number of ketones is 1. The molecule has 5 rings (SSSR count). The fourth-order valence-electron chi connectivity index (χ4n) is 5.10. The Morgan fingerprint density at radius 3 is 2.75 bits per heavy atom. The van der Waals surface area contributed by atoms with E-state index in [0.29, 0.717) is 50.2 Å². The summed E-state index contributed by atoms with van der Waals surface area (Å²) in [5.41, 5.74) is 0.697. The Labute approximate surface area is 188 Å². The maximum Gasteiger partial charge on any atom is 0.243 e. The second-order valence-corrected chi connectivity index (χ2v) is 10.9. The minimum absolute atomic E-state index is 0.0191. The molecule has 3 aliphatic heterocycles. The number of hydrogen-bond donors (Lipinski definition) is 0. The Bertz CT molecular complexity index is 1190. The van der Waals surface area contributed by atoms with E-state index in [0.717, 1.165) is 5.56 Å². The monoisotopic (exact) mass is 454 g/mol. The number of carbonyl (C=O) groups excluding carboxylic acids is 2. The van der Waals surface area contributed by atoms with E-state index < -0.39 is 21.7 Å². The van der Waals surface area contributed by atoms with E-state index in [2.05, 4.69) is 0 Å². The van der Waals surface area contributed by atoms with Gasteiger partial charge in [-0.15, -0.1) is 0 Å². The molecule has 2 atom stereocenters. The number of rotatable bonds is 3. The number of carbonyl (C=O) groups is 2. The fraction of sp³-hybridized carbons (Fsp3) is 0.417. The van der Waals surface area contributed by atoms with E-state index in [-0.39, 0.29) is 23.0 Å². The van der Waals surface area contributed by atoms with Gasteiger partial charge in [0, 0.05) is 19.5 Å². The lowest BCUT2D eigenvalue weighted by Crippen LogP contribution is -2.50.